The lowest BCUT2D eigenvalue weighted by Crippen LogP contribution is -2.05. The second-order valence-electron chi connectivity index (χ2n) is 5.64. The molecule has 0 aliphatic heterocycles. The number of nitrogen functional groups attached to an aromatic ring is 1. The summed E-state index contributed by atoms with van der Waals surface area (Å²) >= 11 is 12.5. The van der Waals surface area contributed by atoms with Crippen LogP contribution in [0.25, 0.3) is 0 Å². The highest BCUT2D eigenvalue weighted by Gasteiger charge is 2.11. The van der Waals surface area contributed by atoms with Crippen molar-refractivity contribution in [1.82, 2.24) is 0 Å². The fourth-order valence-electron chi connectivity index (χ4n) is 2.62. The van der Waals surface area contributed by atoms with Gasteiger partial charge in [-0.15, -0.1) is 0 Å². The normalized spacial score (nSPS) is 10.6. The van der Waals surface area contributed by atoms with Gasteiger partial charge < -0.3 is 11.1 Å². The first-order chi connectivity index (χ1) is 11.6. The molecule has 0 amide bonds. The minimum Gasteiger partial charge on any atom is -0.398 e. The molecule has 122 valence electrons. The molecule has 3 rings (SSSR count). The zero-order valence-corrected chi connectivity index (χ0v) is 14.6. The van der Waals surface area contributed by atoms with Crippen molar-refractivity contribution in [2.45, 2.75) is 13.0 Å². The summed E-state index contributed by atoms with van der Waals surface area (Å²) in [6.45, 7) is 0.669. The van der Waals surface area contributed by atoms with Gasteiger partial charge in [0, 0.05) is 29.2 Å². The number of nitrogens with one attached hydrogen (secondary N) is 1. The van der Waals surface area contributed by atoms with E-state index < -0.39 is 0 Å². The number of anilines is 2. The van der Waals surface area contributed by atoms with Crippen LogP contribution in [0.1, 0.15) is 16.7 Å². The molecule has 0 atom stereocenters. The Hall–Kier alpha value is -2.16. The molecule has 0 radical (unpaired) electrons. The number of halogens is 2. The van der Waals surface area contributed by atoms with E-state index in [-0.39, 0.29) is 0 Å². The standard InChI is InChI=1S/C20H18Cl2N2/c21-16-8-4-7-15(11-16)13-24-19-10-9-18(23)20(22)17(19)12-14-5-2-1-3-6-14/h1-11,24H,12-13,23H2. The maximum Gasteiger partial charge on any atom is 0.0691 e. The molecule has 24 heavy (non-hydrogen) atoms. The van der Waals surface area contributed by atoms with Crippen LogP contribution in [0.3, 0.4) is 0 Å². The molecule has 0 bridgehead atoms. The van der Waals surface area contributed by atoms with Crippen LogP contribution in [0.4, 0.5) is 11.4 Å². The number of hydrogen-bond acceptors (Lipinski definition) is 2. The van der Waals surface area contributed by atoms with E-state index in [1.807, 2.05) is 54.6 Å². The third kappa shape index (κ3) is 4.02. The maximum atomic E-state index is 6.47. The first kappa shape index (κ1) is 16.7. The van der Waals surface area contributed by atoms with Gasteiger partial charge in [-0.05, 0) is 35.4 Å². The van der Waals surface area contributed by atoms with Crippen LogP contribution in [-0.2, 0) is 13.0 Å². The molecule has 0 spiro atoms. The molecule has 0 fully saturated rings. The Morgan fingerprint density at radius 1 is 0.833 bits per heavy atom. The first-order valence-electron chi connectivity index (χ1n) is 7.72. The summed E-state index contributed by atoms with van der Waals surface area (Å²) in [6.07, 6.45) is 0.725. The van der Waals surface area contributed by atoms with E-state index in [4.69, 9.17) is 28.9 Å². The fraction of sp³-hybridized carbons (Fsp3) is 0.100. The molecule has 0 unspecified atom stereocenters. The summed E-state index contributed by atoms with van der Waals surface area (Å²) in [5.74, 6) is 0. The van der Waals surface area contributed by atoms with Gasteiger partial charge >= 0.3 is 0 Å². The minimum absolute atomic E-state index is 0.593. The molecular formula is C20H18Cl2N2. The average molecular weight is 357 g/mol. The summed E-state index contributed by atoms with van der Waals surface area (Å²) in [4.78, 5) is 0. The Balaban J connectivity index is 1.85. The van der Waals surface area contributed by atoms with E-state index in [1.165, 1.54) is 5.56 Å². The van der Waals surface area contributed by atoms with E-state index >= 15 is 0 Å². The Labute approximate surface area is 152 Å². The van der Waals surface area contributed by atoms with E-state index in [1.54, 1.807) is 0 Å². The van der Waals surface area contributed by atoms with Gasteiger partial charge in [0.25, 0.3) is 0 Å². The van der Waals surface area contributed by atoms with Crippen molar-refractivity contribution in [1.29, 1.82) is 0 Å². The average Bonchev–Trinajstić information content (AvgIpc) is 2.59. The Morgan fingerprint density at radius 3 is 2.33 bits per heavy atom. The van der Waals surface area contributed by atoms with Crippen molar-refractivity contribution in [3.8, 4) is 0 Å². The topological polar surface area (TPSA) is 38.0 Å². The van der Waals surface area contributed by atoms with E-state index in [0.29, 0.717) is 17.3 Å². The van der Waals surface area contributed by atoms with E-state index in [0.717, 1.165) is 28.3 Å². The smallest absolute Gasteiger partial charge is 0.0691 e. The molecule has 0 saturated heterocycles. The largest absolute Gasteiger partial charge is 0.398 e. The first-order valence-corrected chi connectivity index (χ1v) is 8.48. The lowest BCUT2D eigenvalue weighted by atomic mass is 10.0. The van der Waals surface area contributed by atoms with E-state index in [9.17, 15) is 0 Å². The van der Waals surface area contributed by atoms with Crippen molar-refractivity contribution < 1.29 is 0 Å². The van der Waals surface area contributed by atoms with E-state index in [2.05, 4.69) is 17.4 Å². The third-order valence-corrected chi connectivity index (χ3v) is 4.55. The molecule has 0 aliphatic rings. The molecule has 0 saturated carbocycles. The molecular weight excluding hydrogens is 339 g/mol. The number of nitrogens with two attached hydrogens (primary N) is 1. The molecule has 0 aliphatic carbocycles. The predicted molar refractivity (Wildman–Crippen MR) is 104 cm³/mol. The van der Waals surface area contributed by atoms with Crippen LogP contribution in [0.5, 0.6) is 0 Å². The predicted octanol–water partition coefficient (Wildman–Crippen LogP) is 5.78. The summed E-state index contributed by atoms with van der Waals surface area (Å²) in [5.41, 5.74) is 10.9. The number of hydrogen-bond donors (Lipinski definition) is 2. The van der Waals surface area contributed by atoms with Gasteiger partial charge in [0.15, 0.2) is 0 Å². The Bertz CT molecular complexity index is 832. The summed E-state index contributed by atoms with van der Waals surface area (Å²) in [7, 11) is 0. The molecule has 0 heterocycles. The number of rotatable bonds is 5. The van der Waals surface area contributed by atoms with Crippen molar-refractivity contribution in [3.05, 3.63) is 93.5 Å². The fourth-order valence-corrected chi connectivity index (χ4v) is 3.07. The number of benzene rings is 3. The van der Waals surface area contributed by atoms with Crippen LogP contribution < -0.4 is 11.1 Å². The van der Waals surface area contributed by atoms with Gasteiger partial charge in [-0.2, -0.15) is 0 Å². The van der Waals surface area contributed by atoms with Gasteiger partial charge in [-0.3, -0.25) is 0 Å². The second kappa shape index (κ2) is 7.61. The van der Waals surface area contributed by atoms with Crippen LogP contribution in [0.15, 0.2) is 66.7 Å². The SMILES string of the molecule is Nc1ccc(NCc2cccc(Cl)c2)c(Cc2ccccc2)c1Cl. The molecule has 2 nitrogen and oxygen atoms in total. The Kier molecular flexibility index (Phi) is 5.29. The summed E-state index contributed by atoms with van der Waals surface area (Å²) < 4.78 is 0. The lowest BCUT2D eigenvalue weighted by Gasteiger charge is -2.15. The quantitative estimate of drug-likeness (QED) is 0.568. The van der Waals surface area contributed by atoms with Gasteiger partial charge in [-0.1, -0.05) is 65.7 Å². The second-order valence-corrected chi connectivity index (χ2v) is 6.46. The van der Waals surface area contributed by atoms with Crippen LogP contribution in [-0.4, -0.2) is 0 Å². The molecule has 3 N–H and O–H groups in total. The van der Waals surface area contributed by atoms with Crippen molar-refractivity contribution in [2.75, 3.05) is 11.1 Å². The minimum atomic E-state index is 0.593. The van der Waals surface area contributed by atoms with Gasteiger partial charge in [-0.25, -0.2) is 0 Å². The highest BCUT2D eigenvalue weighted by Crippen LogP contribution is 2.32. The van der Waals surface area contributed by atoms with Crippen molar-refractivity contribution >= 4 is 34.6 Å². The molecule has 4 heteroatoms. The van der Waals surface area contributed by atoms with Crippen LogP contribution >= 0.6 is 23.2 Å². The van der Waals surface area contributed by atoms with Crippen molar-refractivity contribution in [3.63, 3.8) is 0 Å². The third-order valence-electron chi connectivity index (χ3n) is 3.87. The molecule has 0 aromatic heterocycles. The highest BCUT2D eigenvalue weighted by molar-refractivity contribution is 6.34. The monoisotopic (exact) mass is 356 g/mol. The summed E-state index contributed by atoms with van der Waals surface area (Å²) in [6, 6.07) is 21.8. The lowest BCUT2D eigenvalue weighted by molar-refractivity contribution is 1.11. The Morgan fingerprint density at radius 2 is 1.58 bits per heavy atom. The maximum absolute atomic E-state index is 6.47. The molecule has 3 aromatic carbocycles. The van der Waals surface area contributed by atoms with Crippen molar-refractivity contribution in [2.24, 2.45) is 0 Å². The zero-order chi connectivity index (χ0) is 16.9. The molecule has 3 aromatic rings. The van der Waals surface area contributed by atoms with Crippen LogP contribution in [0, 0.1) is 0 Å². The summed E-state index contributed by atoms with van der Waals surface area (Å²) in [5, 5.41) is 4.78. The highest BCUT2D eigenvalue weighted by atomic mass is 35.5. The van der Waals surface area contributed by atoms with Gasteiger partial charge in [0.05, 0.1) is 10.7 Å². The van der Waals surface area contributed by atoms with Gasteiger partial charge in [0.1, 0.15) is 0 Å². The van der Waals surface area contributed by atoms with Crippen LogP contribution in [0.2, 0.25) is 10.0 Å². The van der Waals surface area contributed by atoms with Gasteiger partial charge in [0.2, 0.25) is 0 Å². The zero-order valence-electron chi connectivity index (χ0n) is 13.1.